The van der Waals surface area contributed by atoms with Crippen molar-refractivity contribution in [3.63, 3.8) is 0 Å². The molecule has 9 heteroatoms. The summed E-state index contributed by atoms with van der Waals surface area (Å²) < 4.78 is 27.0. The first-order valence-electron chi connectivity index (χ1n) is 13.2. The van der Waals surface area contributed by atoms with Crippen molar-refractivity contribution in [1.82, 2.24) is 0 Å². The van der Waals surface area contributed by atoms with Crippen LogP contribution in [0, 0.1) is 17.0 Å². The van der Waals surface area contributed by atoms with Gasteiger partial charge >= 0.3 is 237 Å². The predicted molar refractivity (Wildman–Crippen MR) is 160 cm³/mol. The molecule has 0 bridgehead atoms. The Hall–Kier alpha value is -2.62. The van der Waals surface area contributed by atoms with E-state index in [0.717, 1.165) is 28.6 Å². The van der Waals surface area contributed by atoms with Crippen molar-refractivity contribution >= 4 is 43.1 Å². The zero-order chi connectivity index (χ0) is 28.4. The van der Waals surface area contributed by atoms with Crippen LogP contribution in [0.3, 0.4) is 0 Å². The fourth-order valence-corrected chi connectivity index (χ4v) is 6.47. The van der Waals surface area contributed by atoms with Gasteiger partial charge in [-0.1, -0.05) is 0 Å². The van der Waals surface area contributed by atoms with Crippen LogP contribution in [0.1, 0.15) is 56.9 Å². The number of benzene rings is 3. The van der Waals surface area contributed by atoms with Gasteiger partial charge in [0.25, 0.3) is 0 Å². The summed E-state index contributed by atoms with van der Waals surface area (Å²) in [7, 11) is -1.25. The fraction of sp³-hybridized carbons (Fsp3) is 0.367. The fourth-order valence-electron chi connectivity index (χ4n) is 4.81. The Bertz CT molecular complexity index is 1320. The van der Waals surface area contributed by atoms with Crippen molar-refractivity contribution in [2.24, 2.45) is 5.92 Å². The minimum absolute atomic E-state index is 0.000633. The van der Waals surface area contributed by atoms with Gasteiger partial charge in [-0.3, -0.25) is 0 Å². The molecule has 1 N–H and O–H groups in total. The Labute approximate surface area is 240 Å². The Morgan fingerprint density at radius 2 is 1.74 bits per heavy atom. The molecule has 204 valence electrons. The van der Waals surface area contributed by atoms with Gasteiger partial charge in [-0.2, -0.15) is 0 Å². The molecule has 0 saturated carbocycles. The summed E-state index contributed by atoms with van der Waals surface area (Å²) in [6.45, 7) is 11.0. The third kappa shape index (κ3) is 6.42. The van der Waals surface area contributed by atoms with Crippen LogP contribution in [0.2, 0.25) is 18.1 Å². The molecule has 3 aromatic rings. The number of carbonyl (C=O) groups excluding carboxylic acids is 1. The van der Waals surface area contributed by atoms with Gasteiger partial charge in [0, 0.05) is 0 Å². The summed E-state index contributed by atoms with van der Waals surface area (Å²) in [5.41, 5.74) is 2.58. The molecule has 3 aromatic carbocycles. The van der Waals surface area contributed by atoms with E-state index in [-0.39, 0.29) is 34.8 Å². The number of hydrogen-bond donors (Lipinski definition) is 1. The normalized spacial score (nSPS) is 18.3. The number of nitrogens with zero attached hydrogens (tertiary/aromatic N) is 1. The number of halogens is 2. The third-order valence-corrected chi connectivity index (χ3v) is 12.9. The molecule has 0 unspecified atom stereocenters. The van der Waals surface area contributed by atoms with Crippen molar-refractivity contribution in [3.05, 3.63) is 94.2 Å². The summed E-state index contributed by atoms with van der Waals surface area (Å²) in [5.74, 6) is -0.00696. The van der Waals surface area contributed by atoms with Gasteiger partial charge in [0.1, 0.15) is 0 Å². The number of anilines is 1. The monoisotopic (exact) mass is 608 g/mol. The van der Waals surface area contributed by atoms with E-state index >= 15 is 0 Å². The number of para-hydroxylation sites is 1. The number of rotatable bonds is 10. The first-order valence-corrected chi connectivity index (χ1v) is 16.9. The predicted octanol–water partition coefficient (Wildman–Crippen LogP) is 8.60. The van der Waals surface area contributed by atoms with Crippen molar-refractivity contribution in [2.45, 2.75) is 63.9 Å². The van der Waals surface area contributed by atoms with Crippen LogP contribution in [0.15, 0.2) is 77.3 Å². The zero-order valence-electron chi connectivity index (χ0n) is 23.1. The Kier molecular flexibility index (Phi) is 8.93. The van der Waals surface area contributed by atoms with Crippen LogP contribution in [0.4, 0.5) is 10.1 Å². The molecular weight excluding hydrogens is 574 g/mol. The molecule has 0 aliphatic carbocycles. The molecule has 4 rings (SSSR count). The molecule has 1 fully saturated rings. The molecule has 0 spiro atoms. The number of amides is 1. The molecule has 0 radical (unpaired) electrons. The first kappa shape index (κ1) is 29.4. The van der Waals surface area contributed by atoms with Gasteiger partial charge in [-0.25, -0.2) is 4.39 Å². The molecule has 1 aliphatic heterocycles. The molecule has 5 nitrogen and oxygen atoms in total. The van der Waals surface area contributed by atoms with Crippen LogP contribution >= 0.6 is 15.9 Å². The van der Waals surface area contributed by atoms with E-state index in [0.29, 0.717) is 18.6 Å². The van der Waals surface area contributed by atoms with Gasteiger partial charge in [0.15, 0.2) is 0 Å². The third-order valence-electron chi connectivity index (χ3n) is 7.95. The summed E-state index contributed by atoms with van der Waals surface area (Å²) in [4.78, 5) is 15.5. The molecule has 1 aliphatic rings. The SMILES string of the molecule is CC(C)(C)[Si](C)(C)O[C@@H](CC[C@H]1C(=O)N(c2ccccc2)[C@@H]1c1ccc(Br)cc1OB=N)c1ccc(F)cc1. The zero-order valence-corrected chi connectivity index (χ0v) is 25.7. The van der Waals surface area contributed by atoms with Gasteiger partial charge < -0.3 is 0 Å². The topological polar surface area (TPSA) is 62.6 Å². The number of β-lactam (4-membered cyclic amide) rings is 1. The molecule has 1 saturated heterocycles. The van der Waals surface area contributed by atoms with Gasteiger partial charge in [0.05, 0.1) is 0 Å². The van der Waals surface area contributed by atoms with E-state index in [9.17, 15) is 9.18 Å². The van der Waals surface area contributed by atoms with Crippen molar-refractivity contribution in [2.75, 3.05) is 4.90 Å². The first-order chi connectivity index (χ1) is 18.4. The standard InChI is InChI=1S/C30H35BBrFN2O3Si/c1-30(2,3)39(4,5)38-26(20-11-14-22(33)15-12-20)18-17-25-28(24-16-13-21(32)19-27(24)37-31-34)35(29(25)36)23-9-7-6-8-10-23/h6-16,19,25-26,28,34H,17-18H2,1-5H3/t25-,26+,28-/m1/s1. The molecule has 1 amide bonds. The summed E-state index contributed by atoms with van der Waals surface area (Å²) in [5, 5.41) is 7.53. The maximum absolute atomic E-state index is 13.8. The summed E-state index contributed by atoms with van der Waals surface area (Å²) in [6.07, 6.45) is 0.946. The van der Waals surface area contributed by atoms with Crippen molar-refractivity contribution in [1.29, 1.82) is 5.31 Å². The number of hydrogen-bond acceptors (Lipinski definition) is 4. The van der Waals surface area contributed by atoms with Gasteiger partial charge in [-0.15, -0.1) is 0 Å². The quantitative estimate of drug-likeness (QED) is 0.185. The Morgan fingerprint density at radius 1 is 1.08 bits per heavy atom. The van der Waals surface area contributed by atoms with E-state index < -0.39 is 8.32 Å². The second-order valence-electron chi connectivity index (χ2n) is 11.5. The average molecular weight is 609 g/mol. The second kappa shape index (κ2) is 11.9. The molecule has 0 aromatic heterocycles. The van der Waals surface area contributed by atoms with Gasteiger partial charge in [0.2, 0.25) is 0 Å². The van der Waals surface area contributed by atoms with Crippen LogP contribution in [0.25, 0.3) is 0 Å². The van der Waals surface area contributed by atoms with E-state index in [1.165, 1.54) is 12.1 Å². The number of nitrogens with one attached hydrogen (secondary N) is 1. The van der Waals surface area contributed by atoms with Crippen molar-refractivity contribution < 1.29 is 18.3 Å². The van der Waals surface area contributed by atoms with Crippen LogP contribution in [-0.4, -0.2) is 21.5 Å². The van der Waals surface area contributed by atoms with Crippen LogP contribution < -0.4 is 9.55 Å². The van der Waals surface area contributed by atoms with Crippen LogP contribution in [0.5, 0.6) is 5.75 Å². The van der Waals surface area contributed by atoms with Crippen molar-refractivity contribution in [3.8, 4) is 5.75 Å². The second-order valence-corrected chi connectivity index (χ2v) is 17.2. The Morgan fingerprint density at radius 3 is 2.36 bits per heavy atom. The molecule has 39 heavy (non-hydrogen) atoms. The molecule has 1 heterocycles. The summed E-state index contributed by atoms with van der Waals surface area (Å²) in [6, 6.07) is 21.6. The summed E-state index contributed by atoms with van der Waals surface area (Å²) >= 11 is 3.49. The van der Waals surface area contributed by atoms with Crippen LogP contribution in [-0.2, 0) is 9.22 Å². The van der Waals surface area contributed by atoms with E-state index in [1.54, 1.807) is 12.1 Å². The average Bonchev–Trinajstić information content (AvgIpc) is 2.88. The van der Waals surface area contributed by atoms with E-state index in [4.69, 9.17) is 14.4 Å². The minimum atomic E-state index is -2.16. The van der Waals surface area contributed by atoms with E-state index in [1.807, 2.05) is 53.4 Å². The maximum atomic E-state index is 13.8. The van der Waals surface area contributed by atoms with E-state index in [2.05, 4.69) is 49.8 Å². The van der Waals surface area contributed by atoms with Gasteiger partial charge in [-0.05, 0) is 0 Å². The Balaban J connectivity index is 1.67. The number of carbonyl (C=O) groups is 1. The molecule has 3 atom stereocenters. The molecular formula is C30H35BBrFN2O3Si.